The van der Waals surface area contributed by atoms with Gasteiger partial charge in [0.15, 0.2) is 9.84 Å². The summed E-state index contributed by atoms with van der Waals surface area (Å²) in [4.78, 5) is 14.3. The van der Waals surface area contributed by atoms with Crippen molar-refractivity contribution < 1.29 is 17.6 Å². The summed E-state index contributed by atoms with van der Waals surface area (Å²) in [5.74, 6) is 0.366. The Bertz CT molecular complexity index is 810. The molecule has 1 aliphatic rings. The highest BCUT2D eigenvalue weighted by Gasteiger charge is 2.32. The van der Waals surface area contributed by atoms with Crippen LogP contribution in [0.15, 0.2) is 64.1 Å². The molecule has 6 heteroatoms. The van der Waals surface area contributed by atoms with Crippen molar-refractivity contribution in [2.24, 2.45) is 0 Å². The fraction of sp³-hybridized carbons (Fsp3) is 0.278. The second-order valence-corrected chi connectivity index (χ2v) is 7.81. The highest BCUT2D eigenvalue weighted by atomic mass is 32.2. The van der Waals surface area contributed by atoms with Gasteiger partial charge in [-0.25, -0.2) is 8.42 Å². The first-order valence-electron chi connectivity index (χ1n) is 7.86. The van der Waals surface area contributed by atoms with E-state index >= 15 is 0 Å². The Morgan fingerprint density at radius 1 is 1.21 bits per heavy atom. The Morgan fingerprint density at radius 3 is 2.71 bits per heavy atom. The molecule has 1 aliphatic heterocycles. The summed E-state index contributed by atoms with van der Waals surface area (Å²) in [5.41, 5.74) is 0. The molecule has 0 aliphatic carbocycles. The number of carbonyl (C=O) groups is 1. The first-order valence-corrected chi connectivity index (χ1v) is 9.51. The number of amides is 1. The molecule has 0 unspecified atom stereocenters. The maximum atomic E-state index is 12.5. The summed E-state index contributed by atoms with van der Waals surface area (Å²) in [7, 11) is -3.40. The molecule has 5 nitrogen and oxygen atoms in total. The van der Waals surface area contributed by atoms with Crippen LogP contribution in [0.4, 0.5) is 0 Å². The van der Waals surface area contributed by atoms with Gasteiger partial charge in [0.2, 0.25) is 5.91 Å². The number of benzene rings is 1. The van der Waals surface area contributed by atoms with Crippen LogP contribution in [-0.2, 0) is 14.6 Å². The Morgan fingerprint density at radius 2 is 2.00 bits per heavy atom. The molecule has 0 N–H and O–H groups in total. The summed E-state index contributed by atoms with van der Waals surface area (Å²) in [6.07, 6.45) is 6.09. The molecule has 0 saturated carbocycles. The van der Waals surface area contributed by atoms with E-state index in [1.165, 1.54) is 12.3 Å². The van der Waals surface area contributed by atoms with Gasteiger partial charge in [-0.3, -0.25) is 4.79 Å². The second-order valence-electron chi connectivity index (χ2n) is 5.77. The SMILES string of the molecule is O=C(/C=C/c1ccco1)N1CCC[C@@H]1CS(=O)(=O)c1ccccc1. The lowest BCUT2D eigenvalue weighted by atomic mass is 10.2. The summed E-state index contributed by atoms with van der Waals surface area (Å²) in [5, 5.41) is 0. The fourth-order valence-electron chi connectivity index (χ4n) is 2.91. The number of likely N-dealkylation sites (tertiary alicyclic amines) is 1. The molecule has 1 fully saturated rings. The number of rotatable bonds is 5. The van der Waals surface area contributed by atoms with Crippen LogP contribution in [0, 0.1) is 0 Å². The Hall–Kier alpha value is -2.34. The van der Waals surface area contributed by atoms with Crippen LogP contribution in [0.1, 0.15) is 18.6 Å². The van der Waals surface area contributed by atoms with Crippen LogP contribution in [0.25, 0.3) is 6.08 Å². The van der Waals surface area contributed by atoms with Crippen molar-refractivity contribution in [3.63, 3.8) is 0 Å². The molecular formula is C18H19NO4S. The van der Waals surface area contributed by atoms with E-state index in [1.54, 1.807) is 53.4 Å². The van der Waals surface area contributed by atoms with Crippen LogP contribution in [-0.4, -0.2) is 37.6 Å². The summed E-state index contributed by atoms with van der Waals surface area (Å²) in [6.45, 7) is 0.580. The third kappa shape index (κ3) is 3.76. The Balaban J connectivity index is 1.70. The van der Waals surface area contributed by atoms with Crippen molar-refractivity contribution in [1.29, 1.82) is 0 Å². The average molecular weight is 345 g/mol. The molecule has 0 radical (unpaired) electrons. The monoisotopic (exact) mass is 345 g/mol. The van der Waals surface area contributed by atoms with E-state index in [-0.39, 0.29) is 17.7 Å². The highest BCUT2D eigenvalue weighted by molar-refractivity contribution is 7.91. The number of sulfone groups is 1. The smallest absolute Gasteiger partial charge is 0.246 e. The summed E-state index contributed by atoms with van der Waals surface area (Å²) in [6, 6.07) is 11.6. The average Bonchev–Trinajstić information content (AvgIpc) is 3.25. The summed E-state index contributed by atoms with van der Waals surface area (Å²) < 4.78 is 30.2. The van der Waals surface area contributed by atoms with Crippen LogP contribution >= 0.6 is 0 Å². The van der Waals surface area contributed by atoms with Crippen molar-refractivity contribution in [3.8, 4) is 0 Å². The van der Waals surface area contributed by atoms with Gasteiger partial charge in [-0.05, 0) is 43.2 Å². The minimum Gasteiger partial charge on any atom is -0.465 e. The fourth-order valence-corrected chi connectivity index (χ4v) is 4.53. The van der Waals surface area contributed by atoms with Gasteiger partial charge >= 0.3 is 0 Å². The lowest BCUT2D eigenvalue weighted by molar-refractivity contribution is -0.126. The molecule has 3 rings (SSSR count). The second kappa shape index (κ2) is 7.05. The third-order valence-electron chi connectivity index (χ3n) is 4.11. The normalized spacial score (nSPS) is 18.3. The molecule has 1 aromatic carbocycles. The van der Waals surface area contributed by atoms with Gasteiger partial charge in [0.1, 0.15) is 5.76 Å². The minimum absolute atomic E-state index is 0.0443. The maximum Gasteiger partial charge on any atom is 0.246 e. The van der Waals surface area contributed by atoms with Crippen molar-refractivity contribution in [2.75, 3.05) is 12.3 Å². The summed E-state index contributed by atoms with van der Waals surface area (Å²) >= 11 is 0. The van der Waals surface area contributed by atoms with Crippen molar-refractivity contribution in [2.45, 2.75) is 23.8 Å². The van der Waals surface area contributed by atoms with Gasteiger partial charge in [0.05, 0.1) is 16.9 Å². The van der Waals surface area contributed by atoms with Crippen molar-refractivity contribution in [3.05, 3.63) is 60.6 Å². The largest absolute Gasteiger partial charge is 0.465 e. The number of nitrogens with zero attached hydrogens (tertiary/aromatic N) is 1. The molecule has 1 aromatic heterocycles. The molecular weight excluding hydrogens is 326 g/mol. The van der Waals surface area contributed by atoms with E-state index < -0.39 is 9.84 Å². The van der Waals surface area contributed by atoms with E-state index in [0.717, 1.165) is 6.42 Å². The van der Waals surface area contributed by atoms with E-state index in [4.69, 9.17) is 4.42 Å². The quantitative estimate of drug-likeness (QED) is 0.782. The Labute approximate surface area is 141 Å². The van der Waals surface area contributed by atoms with Gasteiger partial charge in [-0.1, -0.05) is 18.2 Å². The van der Waals surface area contributed by atoms with E-state index in [9.17, 15) is 13.2 Å². The highest BCUT2D eigenvalue weighted by Crippen LogP contribution is 2.22. The topological polar surface area (TPSA) is 67.6 Å². The molecule has 2 aromatic rings. The molecule has 1 amide bonds. The zero-order valence-electron chi connectivity index (χ0n) is 13.2. The number of furan rings is 1. The zero-order chi connectivity index (χ0) is 17.0. The first kappa shape index (κ1) is 16.5. The first-order chi connectivity index (χ1) is 11.6. The predicted molar refractivity (Wildman–Crippen MR) is 91.0 cm³/mol. The Kier molecular flexibility index (Phi) is 4.85. The van der Waals surface area contributed by atoms with Crippen LogP contribution in [0.5, 0.6) is 0 Å². The van der Waals surface area contributed by atoms with E-state index in [0.29, 0.717) is 23.6 Å². The van der Waals surface area contributed by atoms with Gasteiger partial charge in [0.25, 0.3) is 0 Å². The number of hydrogen-bond donors (Lipinski definition) is 0. The molecule has 1 saturated heterocycles. The third-order valence-corrected chi connectivity index (χ3v) is 5.92. The van der Waals surface area contributed by atoms with Gasteiger partial charge in [-0.2, -0.15) is 0 Å². The van der Waals surface area contributed by atoms with Gasteiger partial charge in [0, 0.05) is 18.7 Å². The maximum absolute atomic E-state index is 12.5. The van der Waals surface area contributed by atoms with E-state index in [2.05, 4.69) is 0 Å². The molecule has 24 heavy (non-hydrogen) atoms. The van der Waals surface area contributed by atoms with Gasteiger partial charge < -0.3 is 9.32 Å². The van der Waals surface area contributed by atoms with Crippen LogP contribution in [0.3, 0.4) is 0 Å². The van der Waals surface area contributed by atoms with E-state index in [1.807, 2.05) is 0 Å². The van der Waals surface area contributed by atoms with Gasteiger partial charge in [-0.15, -0.1) is 0 Å². The molecule has 126 valence electrons. The van der Waals surface area contributed by atoms with Crippen molar-refractivity contribution >= 4 is 21.8 Å². The number of hydrogen-bond acceptors (Lipinski definition) is 4. The molecule has 2 heterocycles. The molecule has 0 spiro atoms. The van der Waals surface area contributed by atoms with Crippen molar-refractivity contribution in [1.82, 2.24) is 4.90 Å². The molecule has 1 atom stereocenters. The molecule has 0 bridgehead atoms. The lowest BCUT2D eigenvalue weighted by Gasteiger charge is -2.23. The predicted octanol–water partition coefficient (Wildman–Crippen LogP) is 2.76. The number of carbonyl (C=O) groups excluding carboxylic acids is 1. The standard InChI is InChI=1S/C18H19NO4S/c20-18(11-10-16-7-5-13-23-16)19-12-4-6-15(19)14-24(21,22)17-8-2-1-3-9-17/h1-3,5,7-11,13,15H,4,6,12,14H2/b11-10+/t15-/m1/s1. The minimum atomic E-state index is -3.40. The zero-order valence-corrected chi connectivity index (χ0v) is 14.0. The van der Waals surface area contributed by atoms with Crippen LogP contribution in [0.2, 0.25) is 0 Å². The van der Waals surface area contributed by atoms with Crippen LogP contribution < -0.4 is 0 Å². The lowest BCUT2D eigenvalue weighted by Crippen LogP contribution is -2.38.